The molecule has 1 aliphatic rings. The van der Waals surface area contributed by atoms with E-state index in [1.807, 2.05) is 66.8 Å². The van der Waals surface area contributed by atoms with E-state index in [9.17, 15) is 27.4 Å². The second-order valence-corrected chi connectivity index (χ2v) is 19.6. The van der Waals surface area contributed by atoms with Crippen molar-refractivity contribution < 1.29 is 32.1 Å². The first-order valence-electron chi connectivity index (χ1n) is 20.2. The van der Waals surface area contributed by atoms with Crippen LogP contribution in [-0.4, -0.2) is 54.4 Å². The van der Waals surface area contributed by atoms with Crippen LogP contribution in [0, 0.1) is 13.1 Å². The lowest BCUT2D eigenvalue weighted by Gasteiger charge is -2.23. The smallest absolute Gasteiger partial charge is 0.294 e. The number of benzene rings is 4. The van der Waals surface area contributed by atoms with Gasteiger partial charge in [-0.1, -0.05) is 76.3 Å². The topological polar surface area (TPSA) is 202 Å². The van der Waals surface area contributed by atoms with Crippen molar-refractivity contribution in [3.05, 3.63) is 157 Å². The lowest BCUT2D eigenvalue weighted by molar-refractivity contribution is -0.131. The number of nitrogens with two attached hydrogens (primary N) is 1. The van der Waals surface area contributed by atoms with Crippen molar-refractivity contribution in [3.8, 4) is 0 Å². The molecule has 0 aromatic heterocycles. The number of carbonyl (C=O) groups is 3. The highest BCUT2D eigenvalue weighted by Crippen LogP contribution is 2.41. The summed E-state index contributed by atoms with van der Waals surface area (Å²) in [4.78, 5) is 46.8. The third-order valence-corrected chi connectivity index (χ3v) is 12.3. The lowest BCUT2D eigenvalue weighted by Crippen LogP contribution is -2.53. The molecule has 1 heterocycles. The molecule has 13 nitrogen and oxygen atoms in total. The van der Waals surface area contributed by atoms with Gasteiger partial charge in [-0.25, -0.2) is 4.99 Å². The van der Waals surface area contributed by atoms with Crippen LogP contribution in [0.5, 0.6) is 0 Å². The number of hydrogen-bond donors (Lipinski definition) is 5. The maximum Gasteiger partial charge on any atom is 0.294 e. The first-order chi connectivity index (χ1) is 30.2. The Balaban J connectivity index is 1.40. The summed E-state index contributed by atoms with van der Waals surface area (Å²) in [5, 5.41) is 8.08. The Kier molecular flexibility index (Phi) is 17.0. The molecule has 0 saturated heterocycles. The summed E-state index contributed by atoms with van der Waals surface area (Å²) in [7, 11) is -4.44. The molecule has 0 radical (unpaired) electrons. The summed E-state index contributed by atoms with van der Waals surface area (Å²) in [6.45, 7) is 10.8. The van der Waals surface area contributed by atoms with Crippen molar-refractivity contribution in [2.45, 2.75) is 70.5 Å². The third kappa shape index (κ3) is 13.5. The number of amides is 3. The quantitative estimate of drug-likeness (QED) is 0.0240. The van der Waals surface area contributed by atoms with Gasteiger partial charge >= 0.3 is 0 Å². The monoisotopic (exact) mass is 1110 g/mol. The number of nitrogens with zero attached hydrogens (tertiary/aromatic N) is 2. The number of ether oxygens (including phenoxy) is 1. The molecular formula is C48H50I2N6O7S. The molecule has 0 spiro atoms. The van der Waals surface area contributed by atoms with E-state index in [0.29, 0.717) is 33.8 Å². The Bertz CT molecular complexity index is 2670. The molecular weight excluding hydrogens is 1060 g/mol. The molecule has 3 amide bonds. The maximum absolute atomic E-state index is 13.0. The van der Waals surface area contributed by atoms with Crippen molar-refractivity contribution in [1.29, 1.82) is 0 Å². The van der Waals surface area contributed by atoms with Crippen LogP contribution in [0.1, 0.15) is 58.2 Å². The summed E-state index contributed by atoms with van der Waals surface area (Å²) >= 11 is 4.53. The lowest BCUT2D eigenvalue weighted by atomic mass is 9.81. The normalized spacial score (nSPS) is 15.2. The van der Waals surface area contributed by atoms with E-state index >= 15 is 0 Å². The first-order valence-corrected chi connectivity index (χ1v) is 23.8. The van der Waals surface area contributed by atoms with Gasteiger partial charge in [0.1, 0.15) is 18.7 Å². The van der Waals surface area contributed by atoms with Crippen LogP contribution in [0.15, 0.2) is 148 Å². The van der Waals surface area contributed by atoms with Crippen molar-refractivity contribution >= 4 is 107 Å². The maximum atomic E-state index is 13.0. The predicted molar refractivity (Wildman–Crippen MR) is 270 cm³/mol. The van der Waals surface area contributed by atoms with E-state index in [1.54, 1.807) is 51.1 Å². The number of nitrogens with one attached hydrogen (secondary N) is 3. The minimum absolute atomic E-state index is 0.0115. The second-order valence-electron chi connectivity index (χ2n) is 15.7. The fourth-order valence-corrected chi connectivity index (χ4v) is 7.77. The van der Waals surface area contributed by atoms with Gasteiger partial charge < -0.3 is 26.4 Å². The van der Waals surface area contributed by atoms with Crippen molar-refractivity contribution in [2.75, 3.05) is 5.32 Å². The van der Waals surface area contributed by atoms with E-state index in [4.69, 9.17) is 20.5 Å². The third-order valence-electron chi connectivity index (χ3n) is 10.1. The van der Waals surface area contributed by atoms with Crippen LogP contribution < -0.4 is 21.7 Å². The molecule has 4 aromatic rings. The highest BCUT2D eigenvalue weighted by atomic mass is 127. The van der Waals surface area contributed by atoms with Gasteiger partial charge in [-0.3, -0.25) is 23.9 Å². The summed E-state index contributed by atoms with van der Waals surface area (Å²) in [5.41, 5.74) is 12.7. The fraction of sp³-hybridized carbons (Fsp3) is 0.229. The predicted octanol–water partition coefficient (Wildman–Crippen LogP) is 9.10. The van der Waals surface area contributed by atoms with Crippen LogP contribution in [0.2, 0.25) is 0 Å². The number of anilines is 1. The highest BCUT2D eigenvalue weighted by Gasteiger charge is 2.33. The average Bonchev–Trinajstić information content (AvgIpc) is 3.49. The van der Waals surface area contributed by atoms with E-state index in [2.05, 4.69) is 81.0 Å². The average molecular weight is 1110 g/mol. The van der Waals surface area contributed by atoms with Crippen LogP contribution in [-0.2, 0) is 41.3 Å². The van der Waals surface area contributed by atoms with Gasteiger partial charge in [0.25, 0.3) is 10.1 Å². The largest absolute Gasteiger partial charge is 0.472 e. The van der Waals surface area contributed by atoms with Gasteiger partial charge in [0, 0.05) is 25.2 Å². The molecule has 0 saturated carbocycles. The zero-order chi connectivity index (χ0) is 46.8. The molecule has 2 unspecified atom stereocenters. The van der Waals surface area contributed by atoms with Crippen LogP contribution in [0.4, 0.5) is 17.1 Å². The molecule has 6 N–H and O–H groups in total. The Morgan fingerprint density at radius 2 is 1.50 bits per heavy atom. The van der Waals surface area contributed by atoms with Gasteiger partial charge in [0.15, 0.2) is 0 Å². The summed E-state index contributed by atoms with van der Waals surface area (Å²) < 4.78 is 41.7. The minimum atomic E-state index is -4.44. The Morgan fingerprint density at radius 1 is 0.859 bits per heavy atom. The number of hydrogen-bond acceptors (Lipinski definition) is 9. The molecule has 0 aliphatic carbocycles. The molecule has 16 heteroatoms. The van der Waals surface area contributed by atoms with E-state index in [1.165, 1.54) is 36.8 Å². The zero-order valence-corrected chi connectivity index (χ0v) is 41.2. The number of aliphatic imine (C=N–C) groups is 2. The highest BCUT2D eigenvalue weighted by molar-refractivity contribution is 14.1. The van der Waals surface area contributed by atoms with Crippen LogP contribution in [0.3, 0.4) is 0 Å². The number of halogens is 2. The van der Waals surface area contributed by atoms with Gasteiger partial charge in [-0.2, -0.15) is 8.42 Å². The number of allylic oxidation sites excluding steroid dienone is 5. The second kappa shape index (κ2) is 22.0. The summed E-state index contributed by atoms with van der Waals surface area (Å²) in [6, 6.07) is 24.4. The minimum Gasteiger partial charge on any atom is -0.472 e. The van der Waals surface area contributed by atoms with Crippen LogP contribution >= 0.6 is 45.2 Å². The van der Waals surface area contributed by atoms with Crippen molar-refractivity contribution in [1.82, 2.24) is 10.6 Å². The van der Waals surface area contributed by atoms with Gasteiger partial charge in [-0.15, -0.1) is 0 Å². The Hall–Kier alpha value is -5.44. The summed E-state index contributed by atoms with van der Waals surface area (Å²) in [6.07, 6.45) is 11.2. The van der Waals surface area contributed by atoms with Crippen molar-refractivity contribution in [2.24, 2.45) is 21.6 Å². The Labute approximate surface area is 401 Å². The van der Waals surface area contributed by atoms with E-state index < -0.39 is 34.0 Å². The number of fused-ring (bicyclic) bond motifs is 1. The van der Waals surface area contributed by atoms with Crippen molar-refractivity contribution in [3.63, 3.8) is 0 Å². The zero-order valence-electron chi connectivity index (χ0n) is 36.1. The molecule has 334 valence electrons. The number of rotatable bonds is 16. The fourth-order valence-electron chi connectivity index (χ4n) is 6.44. The molecule has 64 heavy (non-hydrogen) atoms. The Morgan fingerprint density at radius 3 is 2.12 bits per heavy atom. The van der Waals surface area contributed by atoms with Crippen LogP contribution in [0.25, 0.3) is 5.70 Å². The first kappa shape index (κ1) is 49.6. The number of carbonyl (C=O) groups excluding carboxylic acids is 3. The van der Waals surface area contributed by atoms with Gasteiger partial charge in [-0.05, 0) is 154 Å². The molecule has 5 rings (SSSR count). The standard InChI is InChI=1S/C48H50I2N6O7S/c1-29(2)44(53-31(4)57)46(59)52-30(3)45(58)54-36-20-13-32(14-21-36)28-63-47(55-37-22-24-38(25-23-37)64(60,61)62)39(43(51)33-15-17-34(49)18-16-33)11-9-7-8-10-12-42-48(5,6)40-27-35(50)19-26-41(40)56-42/h7-27,29-30,44H,28,51H2,1-6H3,(H,52,59)(H,53,57)(H,54,58)(H,60,61,62)/b8-7+,11-9+,12-10+,43-39-,55-47?. The van der Waals surface area contributed by atoms with E-state index in [-0.39, 0.29) is 34.6 Å². The molecule has 0 bridgehead atoms. The van der Waals surface area contributed by atoms with Gasteiger partial charge in [0.2, 0.25) is 23.6 Å². The molecule has 0 fully saturated rings. The molecule has 2 atom stereocenters. The van der Waals surface area contributed by atoms with E-state index in [0.717, 1.165) is 18.5 Å². The van der Waals surface area contributed by atoms with Gasteiger partial charge in [0.05, 0.1) is 33.3 Å². The SMILES string of the molecule is CC(=O)NC(C(=O)NC(C)C(=O)Nc1ccc(COC(=Nc2ccc(S(=O)(=O)O)cc2)C(/C=C/C=C/C=C/C2=Nc3ccc(I)cc3C2(C)C)=C(\N)c2ccc(I)cc2)cc1)C(C)C. The summed E-state index contributed by atoms with van der Waals surface area (Å²) in [5.74, 6) is -1.34. The molecule has 1 aliphatic heterocycles. The molecule has 4 aromatic carbocycles.